The van der Waals surface area contributed by atoms with Crippen molar-refractivity contribution in [3.63, 3.8) is 0 Å². The van der Waals surface area contributed by atoms with Gasteiger partial charge in [-0.15, -0.1) is 0 Å². The van der Waals surface area contributed by atoms with E-state index < -0.39 is 7.82 Å². The van der Waals surface area contributed by atoms with Crippen LogP contribution in [0, 0.1) is 0 Å². The SMILES string of the molecule is CCCCCCCCCCCCCCCC[N+](C)(C)CCOP(=O)([O-])OCCCCCCCCCCCC. The lowest BCUT2D eigenvalue weighted by Crippen LogP contribution is -2.43. The van der Waals surface area contributed by atoms with Crippen LogP contribution in [0.2, 0.25) is 0 Å². The van der Waals surface area contributed by atoms with Gasteiger partial charge in [0.15, 0.2) is 0 Å². The van der Waals surface area contributed by atoms with Crippen LogP contribution in [0.25, 0.3) is 0 Å². The molecule has 1 atom stereocenters. The Hall–Kier alpha value is 0.0700. The number of phosphoric acid groups is 1. The molecule has 0 rings (SSSR count). The fraction of sp³-hybridized carbons (Fsp3) is 1.00. The third-order valence-corrected chi connectivity index (χ3v) is 8.81. The number of quaternary nitrogens is 1. The highest BCUT2D eigenvalue weighted by molar-refractivity contribution is 7.45. The predicted molar refractivity (Wildman–Crippen MR) is 164 cm³/mol. The molecule has 0 fully saturated rings. The standard InChI is InChI=1S/C32H68NO4P/c1-5-7-9-11-13-15-17-18-19-20-21-23-25-27-29-33(3,4)30-32-37-38(34,35)36-31-28-26-24-22-16-14-12-10-8-6-2/h5-32H2,1-4H3. The molecule has 0 aromatic rings. The highest BCUT2D eigenvalue weighted by Crippen LogP contribution is 2.38. The highest BCUT2D eigenvalue weighted by atomic mass is 31.2. The van der Waals surface area contributed by atoms with Crippen LogP contribution in [0.15, 0.2) is 0 Å². The number of rotatable bonds is 31. The minimum atomic E-state index is -4.18. The molecule has 0 saturated heterocycles. The van der Waals surface area contributed by atoms with Crippen molar-refractivity contribution in [1.82, 2.24) is 0 Å². The first kappa shape index (κ1) is 38.1. The van der Waals surface area contributed by atoms with E-state index in [1.54, 1.807) is 0 Å². The molecule has 0 amide bonds. The fourth-order valence-electron chi connectivity index (χ4n) is 5.05. The zero-order chi connectivity index (χ0) is 28.2. The highest BCUT2D eigenvalue weighted by Gasteiger charge is 2.17. The maximum atomic E-state index is 12.1. The third-order valence-electron chi connectivity index (χ3n) is 7.81. The number of hydrogen-bond donors (Lipinski definition) is 0. The van der Waals surface area contributed by atoms with Crippen LogP contribution in [0.5, 0.6) is 0 Å². The van der Waals surface area contributed by atoms with Crippen molar-refractivity contribution in [2.45, 2.75) is 168 Å². The van der Waals surface area contributed by atoms with Gasteiger partial charge >= 0.3 is 0 Å². The average molecular weight is 562 g/mol. The molecule has 0 aliphatic carbocycles. The second kappa shape index (κ2) is 27.3. The van der Waals surface area contributed by atoms with Crippen molar-refractivity contribution in [2.24, 2.45) is 0 Å². The molecular weight excluding hydrogens is 493 g/mol. The van der Waals surface area contributed by atoms with E-state index in [4.69, 9.17) is 9.05 Å². The Labute approximate surface area is 239 Å². The Kier molecular flexibility index (Phi) is 27.3. The summed E-state index contributed by atoms with van der Waals surface area (Å²) in [4.78, 5) is 12.1. The van der Waals surface area contributed by atoms with E-state index in [1.165, 1.54) is 135 Å². The quantitative estimate of drug-likeness (QED) is 0.0480. The molecule has 1 unspecified atom stereocenters. The maximum absolute atomic E-state index is 12.1. The fourth-order valence-corrected chi connectivity index (χ4v) is 5.78. The number of unbranched alkanes of at least 4 members (excludes halogenated alkanes) is 22. The number of nitrogens with zero attached hydrogens (tertiary/aromatic N) is 1. The molecule has 5 nitrogen and oxygen atoms in total. The zero-order valence-electron chi connectivity index (χ0n) is 26.3. The summed E-state index contributed by atoms with van der Waals surface area (Å²) in [5.41, 5.74) is 0. The first-order valence-electron chi connectivity index (χ1n) is 16.7. The molecule has 0 aromatic heterocycles. The lowest BCUT2D eigenvalue weighted by atomic mass is 10.0. The topological polar surface area (TPSA) is 58.6 Å². The largest absolute Gasteiger partial charge is 0.756 e. The monoisotopic (exact) mass is 561 g/mol. The lowest BCUT2D eigenvalue weighted by Gasteiger charge is -2.31. The van der Waals surface area contributed by atoms with Crippen molar-refractivity contribution >= 4 is 7.82 Å². The molecule has 230 valence electrons. The van der Waals surface area contributed by atoms with E-state index in [-0.39, 0.29) is 13.2 Å². The summed E-state index contributed by atoms with van der Waals surface area (Å²) in [5, 5.41) is 0. The van der Waals surface area contributed by atoms with Crippen LogP contribution in [0.4, 0.5) is 0 Å². The number of hydrogen-bond acceptors (Lipinski definition) is 4. The number of phosphoric ester groups is 1. The first-order valence-corrected chi connectivity index (χ1v) is 18.2. The van der Waals surface area contributed by atoms with Crippen LogP contribution >= 0.6 is 7.82 Å². The summed E-state index contributed by atoms with van der Waals surface area (Å²) in [6.45, 7) is 6.72. The van der Waals surface area contributed by atoms with E-state index in [0.29, 0.717) is 6.54 Å². The molecule has 6 heteroatoms. The van der Waals surface area contributed by atoms with E-state index >= 15 is 0 Å². The average Bonchev–Trinajstić information content (AvgIpc) is 2.87. The normalized spacial score (nSPS) is 13.7. The summed E-state index contributed by atoms with van der Waals surface area (Å²) >= 11 is 0. The van der Waals surface area contributed by atoms with Gasteiger partial charge in [0.2, 0.25) is 0 Å². The Morgan fingerprint density at radius 3 is 1.18 bits per heavy atom. The number of likely N-dealkylation sites (N-methyl/N-ethyl adjacent to an activating group) is 1. The second-order valence-corrected chi connectivity index (χ2v) is 13.7. The Morgan fingerprint density at radius 1 is 0.474 bits per heavy atom. The van der Waals surface area contributed by atoms with Crippen LogP contribution in [0.3, 0.4) is 0 Å². The molecule has 0 bridgehead atoms. The van der Waals surface area contributed by atoms with Gasteiger partial charge in [-0.1, -0.05) is 149 Å². The Bertz CT molecular complexity index is 530. The van der Waals surface area contributed by atoms with Crippen LogP contribution in [0.1, 0.15) is 168 Å². The van der Waals surface area contributed by atoms with Crippen molar-refractivity contribution in [3.05, 3.63) is 0 Å². The van der Waals surface area contributed by atoms with Crippen LogP contribution in [-0.4, -0.2) is 44.9 Å². The maximum Gasteiger partial charge on any atom is 0.268 e. The van der Waals surface area contributed by atoms with Crippen molar-refractivity contribution in [2.75, 3.05) is 40.4 Å². The Balaban J connectivity index is 3.55. The molecule has 0 aliphatic heterocycles. The smallest absolute Gasteiger partial charge is 0.268 e. The summed E-state index contributed by atoms with van der Waals surface area (Å²) in [6.07, 6.45) is 31.3. The van der Waals surface area contributed by atoms with Crippen LogP contribution < -0.4 is 4.89 Å². The minimum Gasteiger partial charge on any atom is -0.756 e. The molecule has 0 radical (unpaired) electrons. The summed E-state index contributed by atoms with van der Waals surface area (Å²) in [7, 11) is 0.140. The molecule has 0 spiro atoms. The van der Waals surface area contributed by atoms with Gasteiger partial charge in [-0.2, -0.15) is 0 Å². The molecule has 0 aliphatic rings. The molecule has 0 aromatic carbocycles. The molecule has 38 heavy (non-hydrogen) atoms. The molecule has 0 saturated carbocycles. The molecular formula is C32H68NO4P. The van der Waals surface area contributed by atoms with Gasteiger partial charge in [-0.25, -0.2) is 0 Å². The van der Waals surface area contributed by atoms with Gasteiger partial charge < -0.3 is 18.4 Å². The van der Waals surface area contributed by atoms with Gasteiger partial charge in [-0.05, 0) is 19.3 Å². The first-order chi connectivity index (χ1) is 18.3. The summed E-state index contributed by atoms with van der Waals surface area (Å²) in [5.74, 6) is 0. The zero-order valence-corrected chi connectivity index (χ0v) is 27.2. The van der Waals surface area contributed by atoms with Crippen molar-refractivity contribution < 1.29 is 23.0 Å². The van der Waals surface area contributed by atoms with Gasteiger partial charge in [-0.3, -0.25) is 4.57 Å². The van der Waals surface area contributed by atoms with E-state index in [2.05, 4.69) is 27.9 Å². The lowest BCUT2D eigenvalue weighted by molar-refractivity contribution is -0.890. The predicted octanol–water partition coefficient (Wildman–Crippen LogP) is 9.97. The minimum absolute atomic E-state index is 0.199. The van der Waals surface area contributed by atoms with Gasteiger partial charge in [0.1, 0.15) is 13.2 Å². The van der Waals surface area contributed by atoms with E-state index in [9.17, 15) is 9.46 Å². The molecule has 0 heterocycles. The second-order valence-electron chi connectivity index (χ2n) is 12.3. The van der Waals surface area contributed by atoms with E-state index in [1.807, 2.05) is 0 Å². The Morgan fingerprint density at radius 2 is 0.789 bits per heavy atom. The van der Waals surface area contributed by atoms with E-state index in [0.717, 1.165) is 30.3 Å². The summed E-state index contributed by atoms with van der Waals surface area (Å²) in [6, 6.07) is 0. The van der Waals surface area contributed by atoms with Crippen molar-refractivity contribution in [1.29, 1.82) is 0 Å². The third kappa shape index (κ3) is 29.1. The van der Waals surface area contributed by atoms with Gasteiger partial charge in [0.05, 0.1) is 27.2 Å². The van der Waals surface area contributed by atoms with Gasteiger partial charge in [0.25, 0.3) is 7.82 Å². The van der Waals surface area contributed by atoms with Crippen molar-refractivity contribution in [3.8, 4) is 0 Å². The molecule has 0 N–H and O–H groups in total. The van der Waals surface area contributed by atoms with Gasteiger partial charge in [0, 0.05) is 0 Å². The van der Waals surface area contributed by atoms with Crippen LogP contribution in [-0.2, 0) is 13.6 Å². The summed E-state index contributed by atoms with van der Waals surface area (Å²) < 4.78 is 23.1.